The van der Waals surface area contributed by atoms with Gasteiger partial charge in [-0.2, -0.15) is 5.10 Å². The summed E-state index contributed by atoms with van der Waals surface area (Å²) in [6.45, 7) is 4.08. The van der Waals surface area contributed by atoms with Crippen LogP contribution in [0.1, 0.15) is 10.4 Å². The molecule has 0 atom stereocenters. The molecule has 0 amide bonds. The first-order chi connectivity index (χ1) is 11.3. The van der Waals surface area contributed by atoms with Crippen molar-refractivity contribution < 1.29 is 9.53 Å². The third kappa shape index (κ3) is 3.21. The van der Waals surface area contributed by atoms with E-state index in [1.165, 1.54) is 0 Å². The maximum atomic E-state index is 11.4. The Morgan fingerprint density at radius 2 is 1.83 bits per heavy atom. The van der Waals surface area contributed by atoms with E-state index < -0.39 is 0 Å². The van der Waals surface area contributed by atoms with E-state index in [9.17, 15) is 4.79 Å². The predicted molar refractivity (Wildman–Crippen MR) is 90.1 cm³/mol. The van der Waals surface area contributed by atoms with Crippen molar-refractivity contribution in [3.05, 3.63) is 79.0 Å². The molecule has 23 heavy (non-hydrogen) atoms. The molecule has 0 aliphatic heterocycles. The molecule has 0 spiro atoms. The van der Waals surface area contributed by atoms with Crippen LogP contribution in [0, 0.1) is 0 Å². The second-order valence-corrected chi connectivity index (χ2v) is 4.96. The van der Waals surface area contributed by atoms with Crippen LogP contribution in [0.5, 0.6) is 5.75 Å². The standard InChI is InChI=1S/C19H16N2O2/c1-2-12-23-18-10-8-15(9-11-18)19-16(14-22)13-21(20-19)17-6-4-3-5-7-17/h2-11,13-14H,1,12H2. The van der Waals surface area contributed by atoms with Crippen molar-refractivity contribution in [2.45, 2.75) is 0 Å². The summed E-state index contributed by atoms with van der Waals surface area (Å²) >= 11 is 0. The number of benzene rings is 2. The maximum absolute atomic E-state index is 11.4. The third-order valence-corrected chi connectivity index (χ3v) is 3.39. The highest BCUT2D eigenvalue weighted by molar-refractivity contribution is 5.85. The molecule has 4 nitrogen and oxygen atoms in total. The van der Waals surface area contributed by atoms with Gasteiger partial charge in [-0.15, -0.1) is 0 Å². The molecular formula is C19H16N2O2. The van der Waals surface area contributed by atoms with Crippen LogP contribution < -0.4 is 4.74 Å². The zero-order valence-corrected chi connectivity index (χ0v) is 12.6. The summed E-state index contributed by atoms with van der Waals surface area (Å²) in [7, 11) is 0. The molecule has 114 valence electrons. The normalized spacial score (nSPS) is 10.3. The maximum Gasteiger partial charge on any atom is 0.153 e. The van der Waals surface area contributed by atoms with Crippen molar-refractivity contribution in [1.29, 1.82) is 0 Å². The van der Waals surface area contributed by atoms with Gasteiger partial charge in [0.1, 0.15) is 18.1 Å². The van der Waals surface area contributed by atoms with Crippen molar-refractivity contribution in [1.82, 2.24) is 9.78 Å². The predicted octanol–water partition coefficient (Wildman–Crippen LogP) is 3.92. The lowest BCUT2D eigenvalue weighted by Crippen LogP contribution is -1.94. The summed E-state index contributed by atoms with van der Waals surface area (Å²) in [4.78, 5) is 11.4. The van der Waals surface area contributed by atoms with E-state index in [4.69, 9.17) is 4.74 Å². The molecule has 4 heteroatoms. The Balaban J connectivity index is 1.94. The van der Waals surface area contributed by atoms with Gasteiger partial charge in [-0.25, -0.2) is 4.68 Å². The Morgan fingerprint density at radius 1 is 1.09 bits per heavy atom. The first kappa shape index (κ1) is 14.8. The Hall–Kier alpha value is -3.14. The van der Waals surface area contributed by atoms with Crippen LogP contribution in [-0.2, 0) is 0 Å². The van der Waals surface area contributed by atoms with Crippen molar-refractivity contribution in [2.75, 3.05) is 6.61 Å². The lowest BCUT2D eigenvalue weighted by atomic mass is 10.1. The van der Waals surface area contributed by atoms with Crippen molar-refractivity contribution in [3.8, 4) is 22.7 Å². The van der Waals surface area contributed by atoms with Crippen molar-refractivity contribution in [2.24, 2.45) is 0 Å². The summed E-state index contributed by atoms with van der Waals surface area (Å²) in [5, 5.41) is 4.54. The Bertz CT molecular complexity index is 805. The van der Waals surface area contributed by atoms with Gasteiger partial charge in [-0.05, 0) is 36.4 Å². The highest BCUT2D eigenvalue weighted by atomic mass is 16.5. The Kier molecular flexibility index (Phi) is 4.34. The van der Waals surface area contributed by atoms with Gasteiger partial charge >= 0.3 is 0 Å². The molecule has 1 aromatic heterocycles. The molecule has 0 N–H and O–H groups in total. The number of aromatic nitrogens is 2. The highest BCUT2D eigenvalue weighted by Crippen LogP contribution is 2.24. The van der Waals surface area contributed by atoms with Crippen LogP contribution in [0.3, 0.4) is 0 Å². The summed E-state index contributed by atoms with van der Waals surface area (Å²) in [6.07, 6.45) is 4.25. The molecule has 0 saturated carbocycles. The first-order valence-corrected chi connectivity index (χ1v) is 7.26. The monoisotopic (exact) mass is 304 g/mol. The molecule has 0 bridgehead atoms. The quantitative estimate of drug-likeness (QED) is 0.512. The van der Waals surface area contributed by atoms with Gasteiger partial charge in [-0.3, -0.25) is 4.79 Å². The van der Waals surface area contributed by atoms with Gasteiger partial charge in [0.15, 0.2) is 6.29 Å². The lowest BCUT2D eigenvalue weighted by molar-refractivity contribution is 0.112. The molecule has 1 heterocycles. The summed E-state index contributed by atoms with van der Waals surface area (Å²) in [5.74, 6) is 0.754. The minimum atomic E-state index is 0.460. The van der Waals surface area contributed by atoms with Crippen LogP contribution in [0.15, 0.2) is 73.4 Å². The molecular weight excluding hydrogens is 288 g/mol. The number of nitrogens with zero attached hydrogens (tertiary/aromatic N) is 2. The van der Waals surface area contributed by atoms with Gasteiger partial charge in [0, 0.05) is 11.8 Å². The number of aldehydes is 1. The average molecular weight is 304 g/mol. The Morgan fingerprint density at radius 3 is 2.48 bits per heavy atom. The molecule has 0 saturated heterocycles. The SMILES string of the molecule is C=CCOc1ccc(-c2nn(-c3ccccc3)cc2C=O)cc1. The van der Waals surface area contributed by atoms with Crippen molar-refractivity contribution in [3.63, 3.8) is 0 Å². The minimum absolute atomic E-state index is 0.460. The average Bonchev–Trinajstić information content (AvgIpc) is 3.05. The number of hydrogen-bond acceptors (Lipinski definition) is 3. The fourth-order valence-electron chi connectivity index (χ4n) is 2.28. The number of rotatable bonds is 6. The van der Waals surface area contributed by atoms with Crippen LogP contribution >= 0.6 is 0 Å². The van der Waals surface area contributed by atoms with E-state index in [1.807, 2.05) is 54.6 Å². The highest BCUT2D eigenvalue weighted by Gasteiger charge is 2.11. The zero-order valence-electron chi connectivity index (χ0n) is 12.6. The Labute approximate surface area is 134 Å². The van der Waals surface area contributed by atoms with Crippen LogP contribution in [-0.4, -0.2) is 22.7 Å². The van der Waals surface area contributed by atoms with Gasteiger partial charge < -0.3 is 4.74 Å². The number of hydrogen-bond donors (Lipinski definition) is 0. The number of carbonyl (C=O) groups is 1. The summed E-state index contributed by atoms with van der Waals surface area (Å²) in [6, 6.07) is 17.2. The van der Waals surface area contributed by atoms with E-state index in [0.717, 1.165) is 23.3 Å². The molecule has 0 fully saturated rings. The second-order valence-electron chi connectivity index (χ2n) is 4.96. The van der Waals surface area contributed by atoms with E-state index in [1.54, 1.807) is 17.0 Å². The summed E-state index contributed by atoms with van der Waals surface area (Å²) in [5.41, 5.74) is 2.98. The van der Waals surface area contributed by atoms with Gasteiger partial charge in [-0.1, -0.05) is 30.9 Å². The van der Waals surface area contributed by atoms with Crippen molar-refractivity contribution >= 4 is 6.29 Å². The third-order valence-electron chi connectivity index (χ3n) is 3.39. The van der Waals surface area contributed by atoms with Crippen LogP contribution in [0.2, 0.25) is 0 Å². The van der Waals surface area contributed by atoms with E-state index in [2.05, 4.69) is 11.7 Å². The number of carbonyl (C=O) groups excluding carboxylic acids is 1. The minimum Gasteiger partial charge on any atom is -0.490 e. The molecule has 3 rings (SSSR count). The second kappa shape index (κ2) is 6.75. The van der Waals surface area contributed by atoms with Crippen LogP contribution in [0.4, 0.5) is 0 Å². The van der Waals surface area contributed by atoms with E-state index >= 15 is 0 Å². The van der Waals surface area contributed by atoms with Gasteiger partial charge in [0.25, 0.3) is 0 Å². The fourth-order valence-corrected chi connectivity index (χ4v) is 2.28. The molecule has 0 aliphatic carbocycles. The molecule has 0 unspecified atom stereocenters. The lowest BCUT2D eigenvalue weighted by Gasteiger charge is -2.04. The zero-order chi connectivity index (χ0) is 16.1. The molecule has 2 aromatic carbocycles. The van der Waals surface area contributed by atoms with E-state index in [-0.39, 0.29) is 0 Å². The summed E-state index contributed by atoms with van der Waals surface area (Å²) < 4.78 is 7.17. The molecule has 0 aliphatic rings. The van der Waals surface area contributed by atoms with Crippen LogP contribution in [0.25, 0.3) is 16.9 Å². The molecule has 3 aromatic rings. The number of para-hydroxylation sites is 1. The fraction of sp³-hybridized carbons (Fsp3) is 0.0526. The number of ether oxygens (including phenoxy) is 1. The topological polar surface area (TPSA) is 44.1 Å². The van der Waals surface area contributed by atoms with E-state index in [0.29, 0.717) is 17.9 Å². The van der Waals surface area contributed by atoms with Gasteiger partial charge in [0.05, 0.1) is 11.3 Å². The smallest absolute Gasteiger partial charge is 0.153 e. The van der Waals surface area contributed by atoms with Gasteiger partial charge in [0.2, 0.25) is 0 Å². The first-order valence-electron chi connectivity index (χ1n) is 7.26. The largest absolute Gasteiger partial charge is 0.490 e. The molecule has 0 radical (unpaired) electrons.